The standard InChI is InChI=1S/C28H40Br2O3/c29-21-13-3-1-11-19-27(31-23-25-15-7-5-8-16-25)33-28(20-12-2-4-14-22-30)32-24-26-17-9-6-10-18-26/h5-10,15-18,27-28H,1-4,11-14,19-24H2. The van der Waals surface area contributed by atoms with E-state index in [1.165, 1.54) is 49.7 Å². The number of hydrogen-bond acceptors (Lipinski definition) is 3. The Morgan fingerprint density at radius 2 is 0.909 bits per heavy atom. The summed E-state index contributed by atoms with van der Waals surface area (Å²) in [5.41, 5.74) is 2.34. The zero-order valence-electron chi connectivity index (χ0n) is 19.8. The molecule has 0 radical (unpaired) electrons. The van der Waals surface area contributed by atoms with Gasteiger partial charge in [0.05, 0.1) is 13.2 Å². The van der Waals surface area contributed by atoms with E-state index in [-0.39, 0.29) is 12.6 Å². The van der Waals surface area contributed by atoms with Crippen molar-refractivity contribution in [2.75, 3.05) is 10.7 Å². The molecule has 184 valence electrons. The van der Waals surface area contributed by atoms with E-state index in [4.69, 9.17) is 14.2 Å². The molecule has 0 aromatic heterocycles. The zero-order chi connectivity index (χ0) is 23.4. The molecule has 0 bridgehead atoms. The Balaban J connectivity index is 1.92. The second-order valence-electron chi connectivity index (χ2n) is 8.37. The Morgan fingerprint density at radius 1 is 0.515 bits per heavy atom. The van der Waals surface area contributed by atoms with E-state index >= 15 is 0 Å². The maximum atomic E-state index is 6.44. The van der Waals surface area contributed by atoms with Gasteiger partial charge in [-0.05, 0) is 49.7 Å². The summed E-state index contributed by atoms with van der Waals surface area (Å²) in [6.07, 6.45) is 10.8. The van der Waals surface area contributed by atoms with Crippen molar-refractivity contribution in [2.24, 2.45) is 0 Å². The molecule has 0 fully saturated rings. The van der Waals surface area contributed by atoms with Gasteiger partial charge in [-0.2, -0.15) is 0 Å². The molecule has 5 heteroatoms. The number of hydrogen-bond donors (Lipinski definition) is 0. The highest BCUT2D eigenvalue weighted by Gasteiger charge is 2.18. The number of halogens is 2. The normalized spacial score (nSPS) is 13.2. The fraction of sp³-hybridized carbons (Fsp3) is 0.571. The van der Waals surface area contributed by atoms with Crippen LogP contribution in [0.5, 0.6) is 0 Å². The van der Waals surface area contributed by atoms with Crippen LogP contribution in [0.4, 0.5) is 0 Å². The van der Waals surface area contributed by atoms with Gasteiger partial charge in [-0.3, -0.25) is 0 Å². The number of alkyl halides is 2. The van der Waals surface area contributed by atoms with Crippen LogP contribution in [-0.2, 0) is 27.4 Å². The van der Waals surface area contributed by atoms with Gasteiger partial charge in [0.1, 0.15) is 0 Å². The first-order valence-corrected chi connectivity index (χ1v) is 14.6. The molecule has 2 rings (SSSR count). The van der Waals surface area contributed by atoms with Crippen LogP contribution in [0.15, 0.2) is 60.7 Å². The summed E-state index contributed by atoms with van der Waals surface area (Å²) in [6.45, 7) is 1.12. The molecular formula is C28H40Br2O3. The van der Waals surface area contributed by atoms with Gasteiger partial charge >= 0.3 is 0 Å². The van der Waals surface area contributed by atoms with Gasteiger partial charge in [0.2, 0.25) is 0 Å². The molecule has 0 N–H and O–H groups in total. The van der Waals surface area contributed by atoms with E-state index in [1.807, 2.05) is 36.4 Å². The second-order valence-corrected chi connectivity index (χ2v) is 9.96. The van der Waals surface area contributed by atoms with Crippen molar-refractivity contribution >= 4 is 31.9 Å². The van der Waals surface area contributed by atoms with Crippen LogP contribution in [0.2, 0.25) is 0 Å². The first kappa shape index (κ1) is 28.5. The van der Waals surface area contributed by atoms with E-state index < -0.39 is 0 Å². The Hall–Kier alpha value is -0.720. The van der Waals surface area contributed by atoms with E-state index in [0.717, 1.165) is 36.3 Å². The monoisotopic (exact) mass is 582 g/mol. The lowest BCUT2D eigenvalue weighted by Crippen LogP contribution is -2.27. The van der Waals surface area contributed by atoms with Crippen LogP contribution in [0, 0.1) is 0 Å². The van der Waals surface area contributed by atoms with Crippen LogP contribution < -0.4 is 0 Å². The first-order chi connectivity index (χ1) is 16.3. The molecule has 2 aromatic carbocycles. The summed E-state index contributed by atoms with van der Waals surface area (Å²) >= 11 is 7.04. The number of unbranched alkanes of at least 4 members (excludes halogenated alkanes) is 6. The van der Waals surface area contributed by atoms with Crippen molar-refractivity contribution < 1.29 is 14.2 Å². The number of benzene rings is 2. The van der Waals surface area contributed by atoms with Crippen LogP contribution >= 0.6 is 31.9 Å². The smallest absolute Gasteiger partial charge is 0.161 e. The molecule has 2 unspecified atom stereocenters. The van der Waals surface area contributed by atoms with E-state index in [2.05, 4.69) is 56.1 Å². The lowest BCUT2D eigenvalue weighted by Gasteiger charge is -2.26. The Kier molecular flexibility index (Phi) is 16.9. The Morgan fingerprint density at radius 3 is 1.30 bits per heavy atom. The average molecular weight is 584 g/mol. The minimum atomic E-state index is -0.252. The maximum absolute atomic E-state index is 6.44. The maximum Gasteiger partial charge on any atom is 0.161 e. The predicted octanol–water partition coefficient (Wildman–Crippen LogP) is 8.78. The van der Waals surface area contributed by atoms with Crippen molar-refractivity contribution in [3.8, 4) is 0 Å². The van der Waals surface area contributed by atoms with Crippen LogP contribution in [-0.4, -0.2) is 23.2 Å². The third-order valence-corrected chi connectivity index (χ3v) is 6.63. The second kappa shape index (κ2) is 19.6. The summed E-state index contributed by atoms with van der Waals surface area (Å²) in [5.74, 6) is 0. The molecular weight excluding hydrogens is 544 g/mol. The molecule has 0 aliphatic carbocycles. The van der Waals surface area contributed by atoms with E-state index in [9.17, 15) is 0 Å². The molecule has 3 nitrogen and oxygen atoms in total. The minimum absolute atomic E-state index is 0.252. The van der Waals surface area contributed by atoms with Crippen molar-refractivity contribution in [3.05, 3.63) is 71.8 Å². The molecule has 0 aliphatic rings. The summed E-state index contributed by atoms with van der Waals surface area (Å²) in [7, 11) is 0. The molecule has 33 heavy (non-hydrogen) atoms. The fourth-order valence-corrected chi connectivity index (χ4v) is 4.39. The largest absolute Gasteiger partial charge is 0.348 e. The minimum Gasteiger partial charge on any atom is -0.348 e. The Bertz CT molecular complexity index is 625. The lowest BCUT2D eigenvalue weighted by atomic mass is 10.1. The highest BCUT2D eigenvalue weighted by atomic mass is 79.9. The third-order valence-electron chi connectivity index (χ3n) is 5.51. The topological polar surface area (TPSA) is 27.7 Å². The molecule has 0 amide bonds. The van der Waals surface area contributed by atoms with Crippen molar-refractivity contribution in [1.82, 2.24) is 0 Å². The average Bonchev–Trinajstić information content (AvgIpc) is 2.86. The van der Waals surface area contributed by atoms with Crippen LogP contribution in [0.25, 0.3) is 0 Å². The molecule has 2 atom stereocenters. The van der Waals surface area contributed by atoms with Crippen molar-refractivity contribution in [1.29, 1.82) is 0 Å². The van der Waals surface area contributed by atoms with Crippen molar-refractivity contribution in [2.45, 2.75) is 90.0 Å². The predicted molar refractivity (Wildman–Crippen MR) is 145 cm³/mol. The highest BCUT2D eigenvalue weighted by Crippen LogP contribution is 2.19. The summed E-state index contributed by atoms with van der Waals surface area (Å²) in [5, 5.41) is 2.14. The lowest BCUT2D eigenvalue weighted by molar-refractivity contribution is -0.256. The number of ether oxygens (including phenoxy) is 3. The van der Waals surface area contributed by atoms with Crippen LogP contribution in [0.1, 0.15) is 75.3 Å². The van der Waals surface area contributed by atoms with Gasteiger partial charge in [0.15, 0.2) is 12.6 Å². The van der Waals surface area contributed by atoms with Gasteiger partial charge in [-0.1, -0.05) is 118 Å². The van der Waals surface area contributed by atoms with Gasteiger partial charge in [0.25, 0.3) is 0 Å². The number of rotatable bonds is 20. The summed E-state index contributed by atoms with van der Waals surface area (Å²) in [4.78, 5) is 0. The van der Waals surface area contributed by atoms with Crippen molar-refractivity contribution in [3.63, 3.8) is 0 Å². The van der Waals surface area contributed by atoms with Gasteiger partial charge in [0, 0.05) is 10.7 Å². The molecule has 0 heterocycles. The summed E-state index contributed by atoms with van der Waals surface area (Å²) in [6, 6.07) is 20.7. The molecule has 0 aliphatic heterocycles. The fourth-order valence-electron chi connectivity index (χ4n) is 3.60. The molecule has 0 spiro atoms. The SMILES string of the molecule is BrCCCCCCC(OCc1ccccc1)OC(CCCCCCBr)OCc1ccccc1. The zero-order valence-corrected chi connectivity index (χ0v) is 23.0. The quantitative estimate of drug-likeness (QED) is 0.0885. The van der Waals surface area contributed by atoms with Gasteiger partial charge < -0.3 is 14.2 Å². The summed E-state index contributed by atoms with van der Waals surface area (Å²) < 4.78 is 18.9. The molecule has 0 saturated heterocycles. The third kappa shape index (κ3) is 14.3. The van der Waals surface area contributed by atoms with Gasteiger partial charge in [-0.15, -0.1) is 0 Å². The van der Waals surface area contributed by atoms with Gasteiger partial charge in [-0.25, -0.2) is 0 Å². The van der Waals surface area contributed by atoms with E-state index in [1.54, 1.807) is 0 Å². The Labute approximate surface area is 217 Å². The first-order valence-electron chi connectivity index (χ1n) is 12.4. The van der Waals surface area contributed by atoms with E-state index in [0.29, 0.717) is 13.2 Å². The molecule has 2 aromatic rings. The van der Waals surface area contributed by atoms with Crippen LogP contribution in [0.3, 0.4) is 0 Å². The highest BCUT2D eigenvalue weighted by molar-refractivity contribution is 9.09. The molecule has 0 saturated carbocycles.